The maximum absolute atomic E-state index is 9.74. The van der Waals surface area contributed by atoms with Crippen LogP contribution in [0, 0.1) is 0 Å². The summed E-state index contributed by atoms with van der Waals surface area (Å²) < 4.78 is 0. The van der Waals surface area contributed by atoms with E-state index in [1.807, 2.05) is 12.1 Å². The van der Waals surface area contributed by atoms with Crippen molar-refractivity contribution in [3.05, 3.63) is 120 Å². The van der Waals surface area contributed by atoms with Crippen molar-refractivity contribution in [3.63, 3.8) is 0 Å². The summed E-state index contributed by atoms with van der Waals surface area (Å²) in [4.78, 5) is 6.90. The molecule has 0 radical (unpaired) electrons. The van der Waals surface area contributed by atoms with Crippen LogP contribution >= 0.6 is 11.3 Å². The molecule has 0 amide bonds. The maximum Gasteiger partial charge on any atom is 0.210 e. The number of aromatic hydroxyl groups is 2. The van der Waals surface area contributed by atoms with Gasteiger partial charge in [-0.05, 0) is 28.8 Å². The van der Waals surface area contributed by atoms with Gasteiger partial charge in [-0.25, -0.2) is 0 Å². The van der Waals surface area contributed by atoms with E-state index in [9.17, 15) is 10.2 Å². The van der Waals surface area contributed by atoms with Crippen molar-refractivity contribution < 1.29 is 10.2 Å². The highest BCUT2D eigenvalue weighted by atomic mass is 32.1. The molecule has 0 unspecified atom stereocenters. The van der Waals surface area contributed by atoms with Crippen LogP contribution in [0.4, 0.5) is 10.8 Å². The summed E-state index contributed by atoms with van der Waals surface area (Å²) >= 11 is 1.40. The van der Waals surface area contributed by atoms with E-state index in [1.54, 1.807) is 0 Å². The number of para-hydroxylation sites is 2. The van der Waals surface area contributed by atoms with Gasteiger partial charge >= 0.3 is 0 Å². The Morgan fingerprint density at radius 2 is 1.28 bits per heavy atom. The number of phenols is 2. The molecule has 0 aliphatic carbocycles. The highest BCUT2D eigenvalue weighted by molar-refractivity contribution is 7.18. The summed E-state index contributed by atoms with van der Waals surface area (Å²) in [6, 6.07) is 29.6. The molecule has 7 rings (SSSR count). The van der Waals surface area contributed by atoms with E-state index >= 15 is 0 Å². The second-order valence-corrected chi connectivity index (χ2v) is 10.4. The van der Waals surface area contributed by atoms with Gasteiger partial charge in [0.15, 0.2) is 0 Å². The van der Waals surface area contributed by atoms with Crippen LogP contribution < -0.4 is 5.32 Å². The summed E-state index contributed by atoms with van der Waals surface area (Å²) in [7, 11) is 0. The van der Waals surface area contributed by atoms with Crippen LogP contribution in [-0.4, -0.2) is 30.4 Å². The zero-order chi connectivity index (χ0) is 26.3. The molecule has 0 spiro atoms. The van der Waals surface area contributed by atoms with Crippen molar-refractivity contribution in [2.45, 2.75) is 5.92 Å². The molecule has 0 aliphatic rings. The van der Waals surface area contributed by atoms with E-state index in [2.05, 4.69) is 98.5 Å². The highest BCUT2D eigenvalue weighted by Gasteiger charge is 2.23. The van der Waals surface area contributed by atoms with E-state index in [0.717, 1.165) is 21.6 Å². The van der Waals surface area contributed by atoms with Crippen LogP contribution in [0.15, 0.2) is 103 Å². The number of aromatic amines is 2. The molecular weight excluding hydrogens is 506 g/mol. The van der Waals surface area contributed by atoms with Gasteiger partial charge in [0, 0.05) is 69.6 Å². The number of nitrogens with zero attached hydrogens (tertiary/aromatic N) is 2. The standard InChI is InChI=1S/C31H23N5O2S/c37-21-13-20(14-22(38)15-21)34-31-36-35-30(39-31)19-11-9-18(10-12-19)29(25-16-32-27-7-3-1-5-23(25)27)26-17-33-28-8-4-2-6-24(26)28/h1-17,29,32-33,37-38H,(H,34,36). The SMILES string of the molecule is Oc1cc(O)cc(Nc2nnc(-c3ccc(C(c4c[nH]c5ccccc45)c4c[nH]c5ccccc45)cc3)s2)c1. The quantitative estimate of drug-likeness (QED) is 0.153. The first kappa shape index (κ1) is 23.1. The molecule has 3 heterocycles. The summed E-state index contributed by atoms with van der Waals surface area (Å²) in [6.07, 6.45) is 4.24. The number of hydrogen-bond acceptors (Lipinski definition) is 6. The Morgan fingerprint density at radius 1 is 0.692 bits per heavy atom. The summed E-state index contributed by atoms with van der Waals surface area (Å²) in [5, 5.41) is 34.9. The number of H-pyrrole nitrogens is 2. The van der Waals surface area contributed by atoms with Crippen molar-refractivity contribution in [1.82, 2.24) is 20.2 Å². The van der Waals surface area contributed by atoms with Gasteiger partial charge in [-0.3, -0.25) is 0 Å². The average Bonchev–Trinajstić information content (AvgIpc) is 3.69. The first-order valence-corrected chi connectivity index (χ1v) is 13.3. The zero-order valence-corrected chi connectivity index (χ0v) is 21.4. The molecular formula is C31H23N5O2S. The lowest BCUT2D eigenvalue weighted by molar-refractivity contribution is 0.451. The Morgan fingerprint density at radius 3 is 1.90 bits per heavy atom. The molecule has 190 valence electrons. The lowest BCUT2D eigenvalue weighted by Crippen LogP contribution is -2.02. The Kier molecular flexibility index (Phi) is 5.53. The first-order valence-electron chi connectivity index (χ1n) is 12.5. The van der Waals surface area contributed by atoms with Gasteiger partial charge in [0.2, 0.25) is 5.13 Å². The number of hydrogen-bond donors (Lipinski definition) is 5. The molecule has 4 aromatic carbocycles. The van der Waals surface area contributed by atoms with Gasteiger partial charge in [0.25, 0.3) is 0 Å². The fraction of sp³-hybridized carbons (Fsp3) is 0.0323. The second kappa shape index (κ2) is 9.34. The third kappa shape index (κ3) is 4.26. The van der Waals surface area contributed by atoms with Gasteiger partial charge in [0.05, 0.1) is 0 Å². The van der Waals surface area contributed by atoms with Gasteiger partial charge < -0.3 is 25.5 Å². The topological polar surface area (TPSA) is 110 Å². The van der Waals surface area contributed by atoms with Crippen LogP contribution in [0.1, 0.15) is 22.6 Å². The molecule has 5 N–H and O–H groups in total. The molecule has 7 nitrogen and oxygen atoms in total. The van der Waals surface area contributed by atoms with Crippen molar-refractivity contribution >= 4 is 44.0 Å². The first-order chi connectivity index (χ1) is 19.1. The predicted molar refractivity (Wildman–Crippen MR) is 156 cm³/mol. The van der Waals surface area contributed by atoms with E-state index in [-0.39, 0.29) is 17.4 Å². The van der Waals surface area contributed by atoms with Gasteiger partial charge in [-0.2, -0.15) is 0 Å². The average molecular weight is 530 g/mol. The van der Waals surface area contributed by atoms with Gasteiger partial charge in [-0.1, -0.05) is 72.0 Å². The van der Waals surface area contributed by atoms with Crippen molar-refractivity contribution in [2.24, 2.45) is 0 Å². The maximum atomic E-state index is 9.74. The lowest BCUT2D eigenvalue weighted by Gasteiger charge is -2.18. The lowest BCUT2D eigenvalue weighted by atomic mass is 9.84. The summed E-state index contributed by atoms with van der Waals surface area (Å²) in [5.74, 6) is -0.0352. The number of aromatic nitrogens is 4. The predicted octanol–water partition coefficient (Wildman–Crippen LogP) is 7.50. The fourth-order valence-electron chi connectivity index (χ4n) is 5.19. The minimum Gasteiger partial charge on any atom is -0.508 e. The molecule has 8 heteroatoms. The smallest absolute Gasteiger partial charge is 0.210 e. The number of rotatable bonds is 6. The van der Waals surface area contributed by atoms with E-state index in [0.29, 0.717) is 10.8 Å². The molecule has 0 atom stereocenters. The van der Waals surface area contributed by atoms with E-state index in [1.165, 1.54) is 57.0 Å². The number of benzene rings is 4. The molecule has 3 aromatic heterocycles. The minimum atomic E-state index is -0.0298. The third-order valence-electron chi connectivity index (χ3n) is 6.93. The molecule has 0 saturated carbocycles. The highest BCUT2D eigenvalue weighted by Crippen LogP contribution is 2.40. The van der Waals surface area contributed by atoms with Crippen LogP contribution in [-0.2, 0) is 0 Å². The fourth-order valence-corrected chi connectivity index (χ4v) is 5.96. The molecule has 0 saturated heterocycles. The summed E-state index contributed by atoms with van der Waals surface area (Å²) in [5.41, 5.74) is 7.34. The molecule has 7 aromatic rings. The number of anilines is 2. The molecule has 0 fully saturated rings. The van der Waals surface area contributed by atoms with Crippen molar-refractivity contribution in [1.29, 1.82) is 0 Å². The Balaban J connectivity index is 1.25. The third-order valence-corrected chi connectivity index (χ3v) is 7.82. The van der Waals surface area contributed by atoms with Gasteiger partial charge in [-0.15, -0.1) is 10.2 Å². The van der Waals surface area contributed by atoms with Crippen molar-refractivity contribution in [2.75, 3.05) is 5.32 Å². The Hall–Kier alpha value is -5.08. The summed E-state index contributed by atoms with van der Waals surface area (Å²) in [6.45, 7) is 0. The van der Waals surface area contributed by atoms with Crippen LogP contribution in [0.25, 0.3) is 32.4 Å². The van der Waals surface area contributed by atoms with Crippen LogP contribution in [0.2, 0.25) is 0 Å². The van der Waals surface area contributed by atoms with E-state index in [4.69, 9.17) is 0 Å². The minimum absolute atomic E-state index is 0.0245. The molecule has 0 bridgehead atoms. The molecule has 0 aliphatic heterocycles. The largest absolute Gasteiger partial charge is 0.508 e. The van der Waals surface area contributed by atoms with E-state index < -0.39 is 0 Å². The number of nitrogens with one attached hydrogen (secondary N) is 3. The number of phenolic OH excluding ortho intramolecular Hbond substituents is 2. The van der Waals surface area contributed by atoms with Crippen LogP contribution in [0.3, 0.4) is 0 Å². The van der Waals surface area contributed by atoms with Crippen molar-refractivity contribution in [3.8, 4) is 22.1 Å². The second-order valence-electron chi connectivity index (χ2n) is 9.41. The monoisotopic (exact) mass is 529 g/mol. The Labute approximate surface area is 227 Å². The molecule has 39 heavy (non-hydrogen) atoms. The number of fused-ring (bicyclic) bond motifs is 2. The Bertz CT molecular complexity index is 1840. The zero-order valence-electron chi connectivity index (χ0n) is 20.6. The van der Waals surface area contributed by atoms with Gasteiger partial charge in [0.1, 0.15) is 16.5 Å². The van der Waals surface area contributed by atoms with Crippen LogP contribution in [0.5, 0.6) is 11.5 Å². The normalized spacial score (nSPS) is 11.5.